The third kappa shape index (κ3) is 3.87. The van der Waals surface area contributed by atoms with Crippen LogP contribution >= 0.6 is 22.6 Å². The topological polar surface area (TPSA) is 125 Å². The van der Waals surface area contributed by atoms with Crippen LogP contribution in [0.3, 0.4) is 0 Å². The standard InChI is InChI=1S/C6H3F3IN3O5S/c7-6(8,9)18-4-3(13(14)15)2(10)1-12-5(4)19(11,16)17/h1H,(H2,11,16,17). The van der Waals surface area contributed by atoms with E-state index in [4.69, 9.17) is 0 Å². The number of rotatable bonds is 3. The van der Waals surface area contributed by atoms with E-state index in [-0.39, 0.29) is 3.57 Å². The summed E-state index contributed by atoms with van der Waals surface area (Å²) in [6, 6.07) is 0. The summed E-state index contributed by atoms with van der Waals surface area (Å²) in [6.07, 6.45) is -4.64. The molecule has 0 aromatic carbocycles. The molecule has 0 spiro atoms. The quantitative estimate of drug-likeness (QED) is 0.450. The molecule has 0 bridgehead atoms. The van der Waals surface area contributed by atoms with Crippen LogP contribution in [0.4, 0.5) is 18.9 Å². The number of alkyl halides is 3. The average molecular weight is 413 g/mol. The Labute approximate surface area is 117 Å². The van der Waals surface area contributed by atoms with Gasteiger partial charge in [-0.25, -0.2) is 18.5 Å². The maximum Gasteiger partial charge on any atom is 0.573 e. The highest BCUT2D eigenvalue weighted by molar-refractivity contribution is 14.1. The Hall–Kier alpha value is -1.22. The van der Waals surface area contributed by atoms with Crippen LogP contribution in [0.15, 0.2) is 11.2 Å². The SMILES string of the molecule is NS(=O)(=O)c1ncc(I)c([N+](=O)[O-])c1OC(F)(F)F. The summed E-state index contributed by atoms with van der Waals surface area (Å²) in [5, 5.41) is 14.0. The summed E-state index contributed by atoms with van der Waals surface area (Å²) in [4.78, 5) is 12.6. The molecule has 1 aromatic rings. The molecule has 0 aliphatic heterocycles. The van der Waals surface area contributed by atoms with Crippen molar-refractivity contribution in [1.82, 2.24) is 4.98 Å². The van der Waals surface area contributed by atoms with Gasteiger partial charge in [0.2, 0.25) is 10.8 Å². The first kappa shape index (κ1) is 15.8. The predicted octanol–water partition coefficient (Wildman–Crippen LogP) is 1.14. The van der Waals surface area contributed by atoms with E-state index in [0.717, 1.165) is 0 Å². The van der Waals surface area contributed by atoms with Crippen molar-refractivity contribution in [2.24, 2.45) is 5.14 Å². The highest BCUT2D eigenvalue weighted by Gasteiger charge is 2.40. The molecule has 19 heavy (non-hydrogen) atoms. The summed E-state index contributed by atoms with van der Waals surface area (Å²) in [5.74, 6) is -1.56. The summed E-state index contributed by atoms with van der Waals surface area (Å²) >= 11 is 1.31. The molecule has 1 heterocycles. The van der Waals surface area contributed by atoms with Gasteiger partial charge >= 0.3 is 12.0 Å². The van der Waals surface area contributed by atoms with Crippen LogP contribution in [0.1, 0.15) is 0 Å². The molecular weight excluding hydrogens is 410 g/mol. The van der Waals surface area contributed by atoms with Crippen molar-refractivity contribution in [1.29, 1.82) is 0 Å². The lowest BCUT2D eigenvalue weighted by atomic mass is 10.4. The molecule has 2 N–H and O–H groups in total. The number of pyridine rings is 1. The number of sulfonamides is 1. The Morgan fingerprint density at radius 2 is 2.00 bits per heavy atom. The van der Waals surface area contributed by atoms with Gasteiger partial charge in [0.05, 0.1) is 4.92 Å². The third-order valence-electron chi connectivity index (χ3n) is 1.60. The second kappa shape index (κ2) is 5.04. The van der Waals surface area contributed by atoms with Gasteiger partial charge in [-0.05, 0) is 22.6 Å². The average Bonchev–Trinajstić information content (AvgIpc) is 2.11. The molecule has 106 valence electrons. The molecule has 0 radical (unpaired) electrons. The van der Waals surface area contributed by atoms with Gasteiger partial charge in [0.15, 0.2) is 0 Å². The molecule has 0 aliphatic rings. The van der Waals surface area contributed by atoms with Gasteiger partial charge in [-0.15, -0.1) is 13.2 Å². The maximum atomic E-state index is 12.2. The fraction of sp³-hybridized carbons (Fsp3) is 0.167. The number of ether oxygens (including phenoxy) is 1. The molecule has 13 heteroatoms. The minimum Gasteiger partial charge on any atom is -0.395 e. The van der Waals surface area contributed by atoms with Gasteiger partial charge in [-0.3, -0.25) is 10.1 Å². The lowest BCUT2D eigenvalue weighted by Gasteiger charge is -2.12. The molecule has 0 atom stereocenters. The lowest BCUT2D eigenvalue weighted by molar-refractivity contribution is -0.390. The summed E-state index contributed by atoms with van der Waals surface area (Å²) in [5.41, 5.74) is -1.18. The van der Waals surface area contributed by atoms with E-state index >= 15 is 0 Å². The zero-order valence-electron chi connectivity index (χ0n) is 8.51. The van der Waals surface area contributed by atoms with Crippen molar-refractivity contribution < 1.29 is 31.2 Å². The molecular formula is C6H3F3IN3O5S. The number of halogens is 4. The van der Waals surface area contributed by atoms with Crippen LogP contribution in [-0.2, 0) is 10.0 Å². The molecule has 1 aromatic heterocycles. The van der Waals surface area contributed by atoms with Crippen LogP contribution < -0.4 is 9.88 Å². The minimum atomic E-state index is -5.34. The van der Waals surface area contributed by atoms with Crippen molar-refractivity contribution in [3.8, 4) is 5.75 Å². The zero-order valence-corrected chi connectivity index (χ0v) is 11.5. The largest absolute Gasteiger partial charge is 0.573 e. The van der Waals surface area contributed by atoms with Crippen molar-refractivity contribution in [3.05, 3.63) is 19.9 Å². The van der Waals surface area contributed by atoms with Crippen molar-refractivity contribution in [3.63, 3.8) is 0 Å². The number of nitrogens with two attached hydrogens (primary N) is 1. The molecule has 1 rings (SSSR count). The van der Waals surface area contributed by atoms with Crippen LogP contribution in [0, 0.1) is 13.7 Å². The highest BCUT2D eigenvalue weighted by Crippen LogP contribution is 2.38. The van der Waals surface area contributed by atoms with Crippen LogP contribution in [-0.4, -0.2) is 24.7 Å². The van der Waals surface area contributed by atoms with Crippen molar-refractivity contribution in [2.75, 3.05) is 0 Å². The Morgan fingerprint density at radius 1 is 1.47 bits per heavy atom. The predicted molar refractivity (Wildman–Crippen MR) is 61.7 cm³/mol. The van der Waals surface area contributed by atoms with E-state index in [1.807, 2.05) is 0 Å². The van der Waals surface area contributed by atoms with Crippen LogP contribution in [0.5, 0.6) is 5.75 Å². The molecule has 0 amide bonds. The van der Waals surface area contributed by atoms with Gasteiger partial charge in [-0.2, -0.15) is 0 Å². The van der Waals surface area contributed by atoms with Gasteiger partial charge in [0.25, 0.3) is 10.0 Å². The summed E-state index contributed by atoms with van der Waals surface area (Å²) in [6.45, 7) is 0. The van der Waals surface area contributed by atoms with E-state index in [1.165, 1.54) is 22.6 Å². The smallest absolute Gasteiger partial charge is 0.395 e. The Bertz CT molecular complexity index is 632. The van der Waals surface area contributed by atoms with Crippen LogP contribution in [0.2, 0.25) is 0 Å². The van der Waals surface area contributed by atoms with Crippen LogP contribution in [0.25, 0.3) is 0 Å². The zero-order chi connectivity index (χ0) is 15.0. The summed E-state index contributed by atoms with van der Waals surface area (Å²) in [7, 11) is -4.72. The number of primary sulfonamides is 1. The molecule has 8 nitrogen and oxygen atoms in total. The van der Waals surface area contributed by atoms with E-state index in [9.17, 15) is 31.7 Å². The molecule has 0 saturated carbocycles. The number of aromatic nitrogens is 1. The first-order valence-corrected chi connectivity index (χ1v) is 6.67. The van der Waals surface area contributed by atoms with E-state index in [0.29, 0.717) is 6.20 Å². The normalized spacial score (nSPS) is 12.3. The van der Waals surface area contributed by atoms with E-state index < -0.39 is 37.8 Å². The molecule has 0 saturated heterocycles. The molecule has 0 fully saturated rings. The van der Waals surface area contributed by atoms with Gasteiger partial charge in [-0.1, -0.05) is 0 Å². The number of hydrogen-bond acceptors (Lipinski definition) is 6. The highest BCUT2D eigenvalue weighted by atomic mass is 127. The Kier molecular flexibility index (Phi) is 4.20. The first-order chi connectivity index (χ1) is 8.43. The fourth-order valence-electron chi connectivity index (χ4n) is 1.03. The third-order valence-corrected chi connectivity index (χ3v) is 3.22. The summed E-state index contributed by atoms with van der Waals surface area (Å²) < 4.78 is 61.7. The number of nitro groups is 1. The number of nitrogens with zero attached hydrogens (tertiary/aromatic N) is 2. The Morgan fingerprint density at radius 3 is 2.37 bits per heavy atom. The second-order valence-corrected chi connectivity index (χ2v) is 5.58. The van der Waals surface area contributed by atoms with Gasteiger partial charge in [0, 0.05) is 6.20 Å². The van der Waals surface area contributed by atoms with E-state index in [1.54, 1.807) is 0 Å². The second-order valence-electron chi connectivity index (χ2n) is 2.94. The molecule has 0 unspecified atom stereocenters. The van der Waals surface area contributed by atoms with Gasteiger partial charge in [0.1, 0.15) is 3.57 Å². The molecule has 0 aliphatic carbocycles. The van der Waals surface area contributed by atoms with Crippen molar-refractivity contribution >= 4 is 38.3 Å². The Balaban J connectivity index is 3.69. The first-order valence-electron chi connectivity index (χ1n) is 4.05. The van der Waals surface area contributed by atoms with Crippen molar-refractivity contribution in [2.45, 2.75) is 11.4 Å². The fourth-order valence-corrected chi connectivity index (χ4v) is 2.20. The van der Waals surface area contributed by atoms with E-state index in [2.05, 4.69) is 14.9 Å². The van der Waals surface area contributed by atoms with Gasteiger partial charge < -0.3 is 4.74 Å². The minimum absolute atomic E-state index is 0.339. The maximum absolute atomic E-state index is 12.2. The lowest BCUT2D eigenvalue weighted by Crippen LogP contribution is -2.23. The number of hydrogen-bond donors (Lipinski definition) is 1. The monoisotopic (exact) mass is 413 g/mol.